The van der Waals surface area contributed by atoms with Crippen LogP contribution >= 0.6 is 40.7 Å². The maximum absolute atomic E-state index is 13.2. The molecule has 0 unspecified atom stereocenters. The number of nitrogens with zero attached hydrogens (tertiary/aromatic N) is 1. The summed E-state index contributed by atoms with van der Waals surface area (Å²) in [5, 5.41) is 6.25. The molecule has 1 fully saturated rings. The Labute approximate surface area is 172 Å². The number of rotatable bonds is 4. The first-order valence-corrected chi connectivity index (χ1v) is 8.52. The molecule has 0 spiro atoms. The summed E-state index contributed by atoms with van der Waals surface area (Å²) < 4.78 is 19.3. The van der Waals surface area contributed by atoms with Crippen LogP contribution in [0.15, 0.2) is 41.0 Å². The van der Waals surface area contributed by atoms with Crippen LogP contribution in [0.1, 0.15) is 23.2 Å². The van der Waals surface area contributed by atoms with E-state index in [1.807, 2.05) is 0 Å². The third kappa shape index (κ3) is 5.81. The molecule has 9 heteroatoms. The number of aromatic nitrogens is 1. The van der Waals surface area contributed by atoms with E-state index >= 15 is 0 Å². The van der Waals surface area contributed by atoms with Crippen LogP contribution < -0.4 is 15.4 Å². The maximum atomic E-state index is 13.2. The number of ether oxygens (including phenoxy) is 1. The quantitative estimate of drug-likeness (QED) is 0.711. The Morgan fingerprint density at radius 1 is 1.35 bits per heavy atom. The minimum atomic E-state index is -0.377. The molecule has 1 aromatic carbocycles. The molecule has 1 aromatic heterocycles. The van der Waals surface area contributed by atoms with E-state index in [1.54, 1.807) is 18.3 Å². The van der Waals surface area contributed by atoms with Crippen LogP contribution in [-0.4, -0.2) is 30.0 Å². The molecule has 1 aliphatic heterocycles. The standard InChI is InChI=1S/C17H17BrFN3O2.2ClH/c18-14-9-11(19)5-6-15(14)24-17-13(4-2-8-21-17)16(23)22-12-3-1-7-20-10-12;;/h2,4-6,8-9,12,20H,1,3,7,10H2,(H,22,23);2*1H/t12-;;/m0../s1. The molecule has 3 rings (SSSR count). The van der Waals surface area contributed by atoms with Crippen LogP contribution in [0, 0.1) is 5.82 Å². The number of benzene rings is 1. The minimum Gasteiger partial charge on any atom is -0.437 e. The first-order chi connectivity index (χ1) is 11.6. The third-order valence-electron chi connectivity index (χ3n) is 3.75. The summed E-state index contributed by atoms with van der Waals surface area (Å²) in [6.07, 6.45) is 3.52. The number of hydrogen-bond donors (Lipinski definition) is 2. The summed E-state index contributed by atoms with van der Waals surface area (Å²) in [7, 11) is 0. The lowest BCUT2D eigenvalue weighted by Crippen LogP contribution is -2.45. The Hall–Kier alpha value is -1.41. The van der Waals surface area contributed by atoms with Gasteiger partial charge in [0.1, 0.15) is 17.1 Å². The van der Waals surface area contributed by atoms with Crippen molar-refractivity contribution < 1.29 is 13.9 Å². The highest BCUT2D eigenvalue weighted by atomic mass is 79.9. The summed E-state index contributed by atoms with van der Waals surface area (Å²) in [5.41, 5.74) is 0.347. The van der Waals surface area contributed by atoms with Crippen molar-refractivity contribution in [3.05, 3.63) is 52.4 Å². The topological polar surface area (TPSA) is 63.2 Å². The zero-order valence-electron chi connectivity index (χ0n) is 13.7. The molecule has 1 atom stereocenters. The summed E-state index contributed by atoms with van der Waals surface area (Å²) in [6.45, 7) is 1.73. The molecule has 2 heterocycles. The lowest BCUT2D eigenvalue weighted by Gasteiger charge is -2.24. The van der Waals surface area contributed by atoms with Gasteiger partial charge in [0.05, 0.1) is 4.47 Å². The van der Waals surface area contributed by atoms with Gasteiger partial charge in [0, 0.05) is 18.8 Å². The van der Waals surface area contributed by atoms with Crippen molar-refractivity contribution in [3.8, 4) is 11.6 Å². The normalized spacial score (nSPS) is 16.0. The van der Waals surface area contributed by atoms with Crippen molar-refractivity contribution in [1.82, 2.24) is 15.6 Å². The van der Waals surface area contributed by atoms with E-state index in [-0.39, 0.29) is 48.5 Å². The molecule has 142 valence electrons. The van der Waals surface area contributed by atoms with Gasteiger partial charge in [-0.25, -0.2) is 9.37 Å². The number of amides is 1. The van der Waals surface area contributed by atoms with E-state index in [2.05, 4.69) is 31.5 Å². The molecular formula is C17H19BrCl2FN3O2. The molecular weight excluding hydrogens is 448 g/mol. The van der Waals surface area contributed by atoms with Gasteiger partial charge in [-0.15, -0.1) is 24.8 Å². The van der Waals surface area contributed by atoms with Gasteiger partial charge in [-0.3, -0.25) is 4.79 Å². The number of carbonyl (C=O) groups excluding carboxylic acids is 1. The lowest BCUT2D eigenvalue weighted by molar-refractivity contribution is 0.0927. The zero-order chi connectivity index (χ0) is 16.9. The molecule has 0 radical (unpaired) electrons. The fourth-order valence-corrected chi connectivity index (χ4v) is 2.98. The van der Waals surface area contributed by atoms with Crippen molar-refractivity contribution in [2.75, 3.05) is 13.1 Å². The first-order valence-electron chi connectivity index (χ1n) is 7.73. The van der Waals surface area contributed by atoms with E-state index < -0.39 is 0 Å². The number of piperidine rings is 1. The van der Waals surface area contributed by atoms with E-state index in [0.717, 1.165) is 25.9 Å². The molecule has 1 aliphatic rings. The average molecular weight is 467 g/mol. The van der Waals surface area contributed by atoms with Gasteiger partial charge in [-0.05, 0) is 65.6 Å². The van der Waals surface area contributed by atoms with Gasteiger partial charge >= 0.3 is 0 Å². The van der Waals surface area contributed by atoms with Crippen LogP contribution in [0.25, 0.3) is 0 Å². The largest absolute Gasteiger partial charge is 0.437 e. The van der Waals surface area contributed by atoms with Crippen LogP contribution in [0.4, 0.5) is 4.39 Å². The molecule has 2 aromatic rings. The fraction of sp³-hybridized carbons (Fsp3) is 0.294. The monoisotopic (exact) mass is 465 g/mol. The fourth-order valence-electron chi connectivity index (χ4n) is 2.55. The molecule has 5 nitrogen and oxygen atoms in total. The number of carbonyl (C=O) groups is 1. The van der Waals surface area contributed by atoms with E-state index in [1.165, 1.54) is 18.2 Å². The van der Waals surface area contributed by atoms with Gasteiger partial charge in [-0.2, -0.15) is 0 Å². The number of hydrogen-bond acceptors (Lipinski definition) is 4. The van der Waals surface area contributed by atoms with Gasteiger partial charge in [-0.1, -0.05) is 0 Å². The SMILES string of the molecule is Cl.Cl.O=C(N[C@H]1CCCNC1)c1cccnc1Oc1ccc(F)cc1Br. The second-order valence-electron chi connectivity index (χ2n) is 5.55. The Balaban J connectivity index is 0.00000169. The van der Waals surface area contributed by atoms with Crippen molar-refractivity contribution >= 4 is 46.7 Å². The zero-order valence-corrected chi connectivity index (χ0v) is 16.9. The highest BCUT2D eigenvalue weighted by Gasteiger charge is 2.20. The maximum Gasteiger partial charge on any atom is 0.257 e. The molecule has 0 saturated carbocycles. The lowest BCUT2D eigenvalue weighted by atomic mass is 10.1. The third-order valence-corrected chi connectivity index (χ3v) is 4.37. The minimum absolute atomic E-state index is 0. The molecule has 1 amide bonds. The molecule has 2 N–H and O–H groups in total. The Morgan fingerprint density at radius 3 is 2.85 bits per heavy atom. The van der Waals surface area contributed by atoms with Crippen LogP contribution in [0.3, 0.4) is 0 Å². The molecule has 1 saturated heterocycles. The van der Waals surface area contributed by atoms with Crippen LogP contribution in [0.5, 0.6) is 11.6 Å². The van der Waals surface area contributed by atoms with Gasteiger partial charge < -0.3 is 15.4 Å². The number of nitrogens with one attached hydrogen (secondary N) is 2. The van der Waals surface area contributed by atoms with Crippen molar-refractivity contribution in [2.24, 2.45) is 0 Å². The first kappa shape index (κ1) is 22.6. The van der Waals surface area contributed by atoms with E-state index in [9.17, 15) is 9.18 Å². The van der Waals surface area contributed by atoms with Crippen molar-refractivity contribution in [2.45, 2.75) is 18.9 Å². The van der Waals surface area contributed by atoms with E-state index in [0.29, 0.717) is 15.8 Å². The van der Waals surface area contributed by atoms with Gasteiger partial charge in [0.15, 0.2) is 0 Å². The molecule has 26 heavy (non-hydrogen) atoms. The molecule has 0 bridgehead atoms. The summed E-state index contributed by atoms with van der Waals surface area (Å²) >= 11 is 3.24. The summed E-state index contributed by atoms with van der Waals surface area (Å²) in [5.74, 6) is -0.0300. The average Bonchev–Trinajstić information content (AvgIpc) is 2.59. The Morgan fingerprint density at radius 2 is 2.15 bits per heavy atom. The van der Waals surface area contributed by atoms with E-state index in [4.69, 9.17) is 4.74 Å². The second kappa shape index (κ2) is 10.7. The molecule has 0 aliphatic carbocycles. The highest BCUT2D eigenvalue weighted by Crippen LogP contribution is 2.30. The predicted octanol–water partition coefficient (Wildman–Crippen LogP) is 4.10. The van der Waals surface area contributed by atoms with Crippen LogP contribution in [-0.2, 0) is 0 Å². The highest BCUT2D eigenvalue weighted by molar-refractivity contribution is 9.10. The van der Waals surface area contributed by atoms with Crippen LogP contribution in [0.2, 0.25) is 0 Å². The predicted molar refractivity (Wildman–Crippen MR) is 106 cm³/mol. The Bertz CT molecular complexity index is 746. The van der Waals surface area contributed by atoms with Crippen molar-refractivity contribution in [3.63, 3.8) is 0 Å². The Kier molecular flexibility index (Phi) is 9.29. The second-order valence-corrected chi connectivity index (χ2v) is 6.40. The van der Waals surface area contributed by atoms with Crippen molar-refractivity contribution in [1.29, 1.82) is 0 Å². The van der Waals surface area contributed by atoms with Gasteiger partial charge in [0.25, 0.3) is 5.91 Å². The summed E-state index contributed by atoms with van der Waals surface area (Å²) in [6, 6.07) is 7.51. The number of halogens is 4. The summed E-state index contributed by atoms with van der Waals surface area (Å²) in [4.78, 5) is 16.7. The van der Waals surface area contributed by atoms with Gasteiger partial charge in [0.2, 0.25) is 5.88 Å². The smallest absolute Gasteiger partial charge is 0.257 e. The number of pyridine rings is 1.